The van der Waals surface area contributed by atoms with Crippen molar-refractivity contribution in [3.8, 4) is 0 Å². The molecular weight excluding hydrogens is 362 g/mol. The van der Waals surface area contributed by atoms with Crippen molar-refractivity contribution in [3.05, 3.63) is 48.0 Å². The van der Waals surface area contributed by atoms with Crippen LogP contribution >= 0.6 is 0 Å². The van der Waals surface area contributed by atoms with Crippen molar-refractivity contribution in [2.45, 2.75) is 130 Å². The zero-order valence-electron chi connectivity index (χ0n) is 20.6. The third-order valence-electron chi connectivity index (χ3n) is 6.81. The number of rotatable bonds is 19. The number of hydrogen-bond acceptors (Lipinski definition) is 1. The van der Waals surface area contributed by atoms with E-state index in [1.807, 2.05) is 6.07 Å². The number of nitrogens with two attached hydrogens (primary N) is 1. The molecule has 1 atom stereocenters. The quantitative estimate of drug-likeness (QED) is 0.177. The maximum absolute atomic E-state index is 6.48. The number of hydrogen-bond donors (Lipinski definition) is 1. The molecule has 172 valence electrons. The van der Waals surface area contributed by atoms with Gasteiger partial charge in [-0.25, -0.2) is 0 Å². The summed E-state index contributed by atoms with van der Waals surface area (Å²) in [5.41, 5.74) is 8.92. The van der Waals surface area contributed by atoms with Crippen LogP contribution in [0.1, 0.15) is 135 Å². The fourth-order valence-corrected chi connectivity index (χ4v) is 4.38. The van der Waals surface area contributed by atoms with Crippen LogP contribution in [-0.2, 0) is 0 Å². The van der Waals surface area contributed by atoms with Crippen LogP contribution in [-0.4, -0.2) is 0 Å². The molecule has 0 saturated heterocycles. The normalized spacial score (nSPS) is 12.8. The lowest BCUT2D eigenvalue weighted by Gasteiger charge is -2.31. The lowest BCUT2D eigenvalue weighted by atomic mass is 9.76. The van der Waals surface area contributed by atoms with E-state index < -0.39 is 0 Å². The molecular formula is C29H51N. The Kier molecular flexibility index (Phi) is 14.9. The Bertz CT molecular complexity index is 531. The van der Waals surface area contributed by atoms with Crippen LogP contribution < -0.4 is 5.73 Å². The van der Waals surface area contributed by atoms with Crippen molar-refractivity contribution >= 4 is 0 Å². The highest BCUT2D eigenvalue weighted by molar-refractivity contribution is 5.29. The Morgan fingerprint density at radius 2 is 1.13 bits per heavy atom. The molecule has 0 spiro atoms. The third kappa shape index (κ3) is 11.9. The minimum atomic E-state index is -0.0578. The van der Waals surface area contributed by atoms with Crippen molar-refractivity contribution in [2.75, 3.05) is 0 Å². The monoisotopic (exact) mass is 413 g/mol. The maximum atomic E-state index is 6.48. The molecule has 0 bridgehead atoms. The minimum absolute atomic E-state index is 0.0578. The van der Waals surface area contributed by atoms with Gasteiger partial charge in [0.2, 0.25) is 0 Å². The second kappa shape index (κ2) is 16.6. The van der Waals surface area contributed by atoms with Crippen molar-refractivity contribution in [1.29, 1.82) is 0 Å². The van der Waals surface area contributed by atoms with E-state index in [2.05, 4.69) is 51.6 Å². The summed E-state index contributed by atoms with van der Waals surface area (Å²) in [7, 11) is 0. The topological polar surface area (TPSA) is 26.0 Å². The standard InChI is InChI=1S/C29H51N/c1-5-6-7-8-9-10-11-12-13-14-15-16-17-18-22-25-29(3,4)26(2)28(30)27-23-20-19-21-24-27/h19-21,23-24,28H,2,5-18,22,25,30H2,1,3-4H3. The van der Waals surface area contributed by atoms with Gasteiger partial charge in [-0.05, 0) is 17.4 Å². The number of benzene rings is 1. The summed E-state index contributed by atoms with van der Waals surface area (Å²) in [5, 5.41) is 0. The molecule has 0 heterocycles. The van der Waals surface area contributed by atoms with Crippen molar-refractivity contribution < 1.29 is 0 Å². The Hall–Kier alpha value is -1.08. The average molecular weight is 414 g/mol. The first-order chi connectivity index (χ1) is 14.5. The molecule has 0 aliphatic carbocycles. The Labute approximate surface area is 188 Å². The van der Waals surface area contributed by atoms with Crippen molar-refractivity contribution in [3.63, 3.8) is 0 Å². The fourth-order valence-electron chi connectivity index (χ4n) is 4.38. The molecule has 0 aliphatic rings. The molecule has 30 heavy (non-hydrogen) atoms. The molecule has 0 aromatic heterocycles. The second-order valence-corrected chi connectivity index (χ2v) is 10.00. The van der Waals surface area contributed by atoms with E-state index in [1.165, 1.54) is 114 Å². The molecule has 1 unspecified atom stereocenters. The molecule has 0 amide bonds. The molecule has 0 radical (unpaired) electrons. The summed E-state index contributed by atoms with van der Waals surface area (Å²) in [5.74, 6) is 0. The fraction of sp³-hybridized carbons (Fsp3) is 0.724. The van der Waals surface area contributed by atoms with E-state index in [1.54, 1.807) is 0 Å². The van der Waals surface area contributed by atoms with Crippen LogP contribution in [0.15, 0.2) is 42.5 Å². The van der Waals surface area contributed by atoms with Gasteiger partial charge in [0.25, 0.3) is 0 Å². The number of unbranched alkanes of at least 4 members (excludes halogenated alkanes) is 14. The molecule has 1 aromatic rings. The Balaban J connectivity index is 1.99. The summed E-state index contributed by atoms with van der Waals surface area (Å²) in [6.07, 6.45) is 22.4. The molecule has 0 aliphatic heterocycles. The van der Waals surface area contributed by atoms with Gasteiger partial charge in [0.15, 0.2) is 0 Å². The first kappa shape index (κ1) is 27.0. The van der Waals surface area contributed by atoms with E-state index in [0.29, 0.717) is 0 Å². The molecule has 1 aromatic carbocycles. The average Bonchev–Trinajstić information content (AvgIpc) is 2.76. The smallest absolute Gasteiger partial charge is 0.0513 e. The molecule has 0 saturated carbocycles. The first-order valence-corrected chi connectivity index (χ1v) is 13.0. The van der Waals surface area contributed by atoms with Gasteiger partial charge in [-0.1, -0.05) is 160 Å². The molecule has 1 heteroatoms. The highest BCUT2D eigenvalue weighted by atomic mass is 14.6. The molecule has 0 fully saturated rings. The summed E-state index contributed by atoms with van der Waals surface area (Å²) in [6.45, 7) is 11.3. The maximum Gasteiger partial charge on any atom is 0.0513 e. The largest absolute Gasteiger partial charge is 0.321 e. The highest BCUT2D eigenvalue weighted by Crippen LogP contribution is 2.37. The van der Waals surface area contributed by atoms with Gasteiger partial charge in [-0.2, -0.15) is 0 Å². The second-order valence-electron chi connectivity index (χ2n) is 10.00. The highest BCUT2D eigenvalue weighted by Gasteiger charge is 2.26. The molecule has 2 N–H and O–H groups in total. The zero-order chi connectivity index (χ0) is 22.1. The Morgan fingerprint density at radius 1 is 0.733 bits per heavy atom. The van der Waals surface area contributed by atoms with E-state index in [4.69, 9.17) is 5.73 Å². The van der Waals surface area contributed by atoms with Gasteiger partial charge < -0.3 is 5.73 Å². The predicted molar refractivity (Wildman–Crippen MR) is 136 cm³/mol. The van der Waals surface area contributed by atoms with Gasteiger partial charge in [-0.3, -0.25) is 0 Å². The van der Waals surface area contributed by atoms with E-state index in [-0.39, 0.29) is 11.5 Å². The SMILES string of the molecule is C=C(C(N)c1ccccc1)C(C)(C)CCCCCCCCCCCCCCCCC. The molecule has 1 rings (SSSR count). The van der Waals surface area contributed by atoms with Crippen LogP contribution in [0.4, 0.5) is 0 Å². The summed E-state index contributed by atoms with van der Waals surface area (Å²) in [6, 6.07) is 10.3. The van der Waals surface area contributed by atoms with Gasteiger partial charge >= 0.3 is 0 Å². The van der Waals surface area contributed by atoms with Gasteiger partial charge in [0.1, 0.15) is 0 Å². The van der Waals surface area contributed by atoms with E-state index in [0.717, 1.165) is 0 Å². The Morgan fingerprint density at radius 3 is 1.57 bits per heavy atom. The van der Waals surface area contributed by atoms with Crippen LogP contribution in [0.2, 0.25) is 0 Å². The lowest BCUT2D eigenvalue weighted by Crippen LogP contribution is -2.24. The van der Waals surface area contributed by atoms with E-state index in [9.17, 15) is 0 Å². The first-order valence-electron chi connectivity index (χ1n) is 13.0. The minimum Gasteiger partial charge on any atom is -0.321 e. The van der Waals surface area contributed by atoms with Gasteiger partial charge in [-0.15, -0.1) is 0 Å². The summed E-state index contributed by atoms with van der Waals surface area (Å²) >= 11 is 0. The summed E-state index contributed by atoms with van der Waals surface area (Å²) in [4.78, 5) is 0. The summed E-state index contributed by atoms with van der Waals surface area (Å²) < 4.78 is 0. The molecule has 1 nitrogen and oxygen atoms in total. The van der Waals surface area contributed by atoms with E-state index >= 15 is 0 Å². The predicted octanol–water partition coefficient (Wildman–Crippen LogP) is 9.53. The lowest BCUT2D eigenvalue weighted by molar-refractivity contribution is 0.364. The third-order valence-corrected chi connectivity index (χ3v) is 6.81. The zero-order valence-corrected chi connectivity index (χ0v) is 20.6. The van der Waals surface area contributed by atoms with Crippen molar-refractivity contribution in [1.82, 2.24) is 0 Å². The van der Waals surface area contributed by atoms with Gasteiger partial charge in [0.05, 0.1) is 6.04 Å². The van der Waals surface area contributed by atoms with Crippen LogP contribution in [0.5, 0.6) is 0 Å². The van der Waals surface area contributed by atoms with Gasteiger partial charge in [0, 0.05) is 0 Å². The van der Waals surface area contributed by atoms with Crippen LogP contribution in [0.3, 0.4) is 0 Å². The van der Waals surface area contributed by atoms with Crippen molar-refractivity contribution in [2.24, 2.45) is 11.1 Å². The van der Waals surface area contributed by atoms with Crippen LogP contribution in [0.25, 0.3) is 0 Å². The van der Waals surface area contributed by atoms with Crippen LogP contribution in [0, 0.1) is 5.41 Å².